The van der Waals surface area contributed by atoms with Crippen LogP contribution in [0.15, 0.2) is 29.2 Å². The number of Topliss-reactive ketones (excluding diaryl/α,β-unsaturated/α-hetero) is 1. The van der Waals surface area contributed by atoms with Gasteiger partial charge >= 0.3 is 5.97 Å². The summed E-state index contributed by atoms with van der Waals surface area (Å²) in [6, 6.07) is 6.86. The minimum atomic E-state index is -1.40. The van der Waals surface area contributed by atoms with E-state index in [1.807, 2.05) is 0 Å². The second-order valence-corrected chi connectivity index (χ2v) is 3.96. The smallest absolute Gasteiger partial charge is 0.373 e. The van der Waals surface area contributed by atoms with Crippen LogP contribution in [0.5, 0.6) is 0 Å². The molecule has 0 aromatic heterocycles. The van der Waals surface area contributed by atoms with Crippen molar-refractivity contribution in [2.75, 3.05) is 5.75 Å². The molecule has 0 saturated heterocycles. The fourth-order valence-corrected chi connectivity index (χ4v) is 1.62. The summed E-state index contributed by atoms with van der Waals surface area (Å²) in [6.45, 7) is 0. The highest BCUT2D eigenvalue weighted by atomic mass is 35.5. The molecule has 0 heterocycles. The van der Waals surface area contributed by atoms with Gasteiger partial charge in [0.05, 0.1) is 5.75 Å². The van der Waals surface area contributed by atoms with Gasteiger partial charge in [-0.25, -0.2) is 4.79 Å². The zero-order valence-corrected chi connectivity index (χ0v) is 8.64. The number of benzene rings is 1. The Morgan fingerprint density at radius 2 is 1.86 bits per heavy atom. The topological polar surface area (TPSA) is 54.4 Å². The summed E-state index contributed by atoms with van der Waals surface area (Å²) in [4.78, 5) is 21.8. The Labute approximate surface area is 90.1 Å². The molecule has 0 aliphatic carbocycles. The highest BCUT2D eigenvalue weighted by Gasteiger charge is 2.10. The molecule has 1 aromatic carbocycles. The number of aliphatic carboxylic acids is 1. The summed E-state index contributed by atoms with van der Waals surface area (Å²) in [7, 11) is 0. The maximum Gasteiger partial charge on any atom is 0.373 e. The van der Waals surface area contributed by atoms with Crippen molar-refractivity contribution >= 4 is 35.1 Å². The van der Waals surface area contributed by atoms with E-state index >= 15 is 0 Å². The average Bonchev–Trinajstić information content (AvgIpc) is 2.16. The Bertz CT molecular complexity index is 348. The third kappa shape index (κ3) is 3.40. The van der Waals surface area contributed by atoms with E-state index in [1.165, 1.54) is 11.8 Å². The Kier molecular flexibility index (Phi) is 3.98. The summed E-state index contributed by atoms with van der Waals surface area (Å²) in [6.07, 6.45) is 0. The third-order valence-electron chi connectivity index (χ3n) is 1.42. The minimum absolute atomic E-state index is 0.0586. The molecule has 74 valence electrons. The van der Waals surface area contributed by atoms with Gasteiger partial charge < -0.3 is 5.11 Å². The van der Waals surface area contributed by atoms with E-state index in [0.717, 1.165) is 4.90 Å². The van der Waals surface area contributed by atoms with E-state index in [0.29, 0.717) is 5.02 Å². The van der Waals surface area contributed by atoms with Crippen LogP contribution in [0.2, 0.25) is 5.02 Å². The zero-order chi connectivity index (χ0) is 10.6. The molecular weight excluding hydrogens is 224 g/mol. The van der Waals surface area contributed by atoms with Crippen LogP contribution >= 0.6 is 23.4 Å². The molecule has 5 heteroatoms. The van der Waals surface area contributed by atoms with Crippen LogP contribution in [-0.2, 0) is 9.59 Å². The number of hydrogen-bond acceptors (Lipinski definition) is 3. The molecule has 0 aliphatic heterocycles. The summed E-state index contributed by atoms with van der Waals surface area (Å²) >= 11 is 6.83. The number of halogens is 1. The molecule has 0 amide bonds. The highest BCUT2D eigenvalue weighted by Crippen LogP contribution is 2.20. The summed E-state index contributed by atoms with van der Waals surface area (Å²) < 4.78 is 0. The summed E-state index contributed by atoms with van der Waals surface area (Å²) in [5.41, 5.74) is 0. The van der Waals surface area contributed by atoms with Crippen molar-refractivity contribution in [1.82, 2.24) is 0 Å². The van der Waals surface area contributed by atoms with Gasteiger partial charge in [0, 0.05) is 9.92 Å². The fraction of sp³-hybridized carbons (Fsp3) is 0.111. The fourth-order valence-electron chi connectivity index (χ4n) is 0.741. The monoisotopic (exact) mass is 230 g/mol. The Hall–Kier alpha value is -1.00. The second-order valence-electron chi connectivity index (χ2n) is 2.47. The molecule has 0 spiro atoms. The Morgan fingerprint density at radius 3 is 2.36 bits per heavy atom. The van der Waals surface area contributed by atoms with Crippen LogP contribution in [0.1, 0.15) is 0 Å². The predicted octanol–water partition coefficient (Wildman–Crippen LogP) is 2.09. The van der Waals surface area contributed by atoms with Gasteiger partial charge in [-0.2, -0.15) is 0 Å². The molecule has 0 fully saturated rings. The molecule has 0 saturated carbocycles. The molecule has 14 heavy (non-hydrogen) atoms. The third-order valence-corrected chi connectivity index (χ3v) is 2.69. The summed E-state index contributed by atoms with van der Waals surface area (Å²) in [5.74, 6) is -2.26. The number of carbonyl (C=O) groups is 2. The van der Waals surface area contributed by atoms with Crippen LogP contribution in [-0.4, -0.2) is 22.6 Å². The van der Waals surface area contributed by atoms with Crippen LogP contribution in [0, 0.1) is 0 Å². The molecule has 3 nitrogen and oxygen atoms in total. The Morgan fingerprint density at radius 1 is 1.29 bits per heavy atom. The van der Waals surface area contributed by atoms with Crippen LogP contribution in [0.4, 0.5) is 0 Å². The largest absolute Gasteiger partial charge is 0.475 e. The van der Waals surface area contributed by atoms with Crippen LogP contribution < -0.4 is 0 Å². The molecule has 0 radical (unpaired) electrons. The maximum atomic E-state index is 10.7. The normalized spacial score (nSPS) is 9.79. The first kappa shape index (κ1) is 11.1. The van der Waals surface area contributed by atoms with Gasteiger partial charge in [0.1, 0.15) is 0 Å². The van der Waals surface area contributed by atoms with Gasteiger partial charge in [-0.15, -0.1) is 11.8 Å². The molecule has 0 bridgehead atoms. The number of thioether (sulfide) groups is 1. The molecule has 1 rings (SSSR count). The first-order valence-corrected chi connectivity index (χ1v) is 5.10. The lowest BCUT2D eigenvalue weighted by Crippen LogP contribution is -2.14. The van der Waals surface area contributed by atoms with Crippen molar-refractivity contribution in [2.24, 2.45) is 0 Å². The van der Waals surface area contributed by atoms with Gasteiger partial charge in [-0.1, -0.05) is 11.6 Å². The van der Waals surface area contributed by atoms with Crippen molar-refractivity contribution in [3.63, 3.8) is 0 Å². The van der Waals surface area contributed by atoms with Crippen LogP contribution in [0.3, 0.4) is 0 Å². The van der Waals surface area contributed by atoms with Gasteiger partial charge in [-0.3, -0.25) is 4.79 Å². The molecular formula is C9H7ClO3S. The Balaban J connectivity index is 2.50. The quantitative estimate of drug-likeness (QED) is 0.636. The van der Waals surface area contributed by atoms with Gasteiger partial charge in [-0.05, 0) is 24.3 Å². The van der Waals surface area contributed by atoms with Crippen molar-refractivity contribution in [2.45, 2.75) is 4.90 Å². The minimum Gasteiger partial charge on any atom is -0.475 e. The van der Waals surface area contributed by atoms with Crippen molar-refractivity contribution in [3.8, 4) is 0 Å². The van der Waals surface area contributed by atoms with Crippen LogP contribution in [0.25, 0.3) is 0 Å². The van der Waals surface area contributed by atoms with Crippen molar-refractivity contribution in [3.05, 3.63) is 29.3 Å². The maximum absolute atomic E-state index is 10.7. The molecule has 1 N–H and O–H groups in total. The van der Waals surface area contributed by atoms with Crippen molar-refractivity contribution in [1.29, 1.82) is 0 Å². The van der Waals surface area contributed by atoms with Crippen molar-refractivity contribution < 1.29 is 14.7 Å². The predicted molar refractivity (Wildman–Crippen MR) is 54.8 cm³/mol. The molecule has 1 aromatic rings. The lowest BCUT2D eigenvalue weighted by atomic mass is 10.4. The number of carboxylic acid groups (broad SMARTS) is 1. The average molecular weight is 231 g/mol. The molecule has 0 unspecified atom stereocenters. The van der Waals surface area contributed by atoms with Gasteiger partial charge in [0.15, 0.2) is 0 Å². The van der Waals surface area contributed by atoms with E-state index in [2.05, 4.69) is 0 Å². The standard InChI is InChI=1S/C9H7ClO3S/c10-6-1-3-7(4-2-6)14-5-8(11)9(12)13/h1-4H,5H2,(H,12,13). The lowest BCUT2D eigenvalue weighted by molar-refractivity contribution is -0.147. The first-order valence-electron chi connectivity index (χ1n) is 3.74. The van der Waals surface area contributed by atoms with E-state index in [-0.39, 0.29) is 5.75 Å². The van der Waals surface area contributed by atoms with E-state index in [1.54, 1.807) is 24.3 Å². The second kappa shape index (κ2) is 5.02. The van der Waals surface area contributed by atoms with Gasteiger partial charge in [0.25, 0.3) is 0 Å². The van der Waals surface area contributed by atoms with E-state index < -0.39 is 11.8 Å². The number of ketones is 1. The van der Waals surface area contributed by atoms with E-state index in [9.17, 15) is 9.59 Å². The van der Waals surface area contributed by atoms with Gasteiger partial charge in [0.2, 0.25) is 5.78 Å². The zero-order valence-electron chi connectivity index (χ0n) is 7.07. The number of carbonyl (C=O) groups excluding carboxylic acids is 1. The summed E-state index contributed by atoms with van der Waals surface area (Å²) in [5, 5.41) is 8.93. The molecule has 0 atom stereocenters. The molecule has 0 aliphatic rings. The number of carboxylic acids is 1. The lowest BCUT2D eigenvalue weighted by Gasteiger charge is -1.98. The van der Waals surface area contributed by atoms with E-state index in [4.69, 9.17) is 16.7 Å². The number of rotatable bonds is 4. The highest BCUT2D eigenvalue weighted by molar-refractivity contribution is 8.00. The first-order chi connectivity index (χ1) is 6.59. The SMILES string of the molecule is O=C(O)C(=O)CSc1ccc(Cl)cc1. The number of hydrogen-bond donors (Lipinski definition) is 1.